The van der Waals surface area contributed by atoms with Crippen LogP contribution < -0.4 is 9.47 Å². The minimum atomic E-state index is -0.650. The van der Waals surface area contributed by atoms with Gasteiger partial charge in [0.2, 0.25) is 11.6 Å². The molecule has 0 atom stereocenters. The quantitative estimate of drug-likeness (QED) is 0.555. The molecule has 0 unspecified atom stereocenters. The lowest BCUT2D eigenvalue weighted by molar-refractivity contribution is -0.133. The maximum atomic E-state index is 12.6. The van der Waals surface area contributed by atoms with Crippen molar-refractivity contribution in [2.45, 2.75) is 13.8 Å². The Morgan fingerprint density at radius 1 is 0.957 bits per heavy atom. The minimum Gasteiger partial charge on any atom is -0.426 e. The summed E-state index contributed by atoms with van der Waals surface area (Å²) in [6.07, 6.45) is 1.22. The lowest BCUT2D eigenvalue weighted by Crippen LogP contribution is -2.23. The number of nitrogens with one attached hydrogen (secondary N) is 1. The fraction of sp³-hybridized carbons (Fsp3) is 0.133. The van der Waals surface area contributed by atoms with E-state index in [1.54, 1.807) is 0 Å². The predicted molar refractivity (Wildman–Crippen MR) is 74.5 cm³/mol. The van der Waals surface area contributed by atoms with Crippen molar-refractivity contribution in [3.05, 3.63) is 40.7 Å². The molecule has 0 bridgehead atoms. The first-order valence-electron chi connectivity index (χ1n) is 6.56. The highest BCUT2D eigenvalue weighted by Gasteiger charge is 2.37. The zero-order valence-corrected chi connectivity index (χ0v) is 12.1. The largest absolute Gasteiger partial charge is 0.426 e. The van der Waals surface area contributed by atoms with Gasteiger partial charge in [0, 0.05) is 13.8 Å². The molecule has 0 radical (unpaired) electrons. The van der Waals surface area contributed by atoms with Crippen LogP contribution in [0.25, 0.3) is 0 Å². The Bertz CT molecular complexity index is 811. The highest BCUT2D eigenvalue weighted by atomic mass is 16.5. The molecule has 0 saturated carbocycles. The van der Waals surface area contributed by atoms with E-state index in [-0.39, 0.29) is 33.9 Å². The second-order valence-electron chi connectivity index (χ2n) is 4.82. The molecule has 8 nitrogen and oxygen atoms in total. The number of hydrogen-bond acceptors (Lipinski definition) is 7. The summed E-state index contributed by atoms with van der Waals surface area (Å²) in [6, 6.07) is 2.60. The monoisotopic (exact) mass is 314 g/mol. The molecule has 116 valence electrons. The molecular weight excluding hydrogens is 304 g/mol. The highest BCUT2D eigenvalue weighted by molar-refractivity contribution is 6.29. The van der Waals surface area contributed by atoms with Gasteiger partial charge in [-0.1, -0.05) is 0 Å². The number of nitrogens with zero attached hydrogens (tertiary/aromatic N) is 1. The number of aromatic amines is 1. The number of esters is 2. The number of fused-ring (bicyclic) bond motifs is 2. The van der Waals surface area contributed by atoms with E-state index in [4.69, 9.17) is 9.47 Å². The predicted octanol–water partition coefficient (Wildman–Crippen LogP) is 1.04. The molecular formula is C15H10N2O6. The van der Waals surface area contributed by atoms with Gasteiger partial charge >= 0.3 is 11.9 Å². The molecule has 1 aromatic carbocycles. The fourth-order valence-corrected chi connectivity index (χ4v) is 2.39. The molecule has 3 rings (SSSR count). The molecule has 0 fully saturated rings. The van der Waals surface area contributed by atoms with Crippen LogP contribution in [-0.2, 0) is 9.59 Å². The van der Waals surface area contributed by atoms with E-state index < -0.39 is 23.5 Å². The Kier molecular flexibility index (Phi) is 3.29. The number of ether oxygens (including phenoxy) is 2. The number of carbonyl (C=O) groups is 4. The number of carbonyl (C=O) groups excluding carboxylic acids is 4. The number of benzene rings is 1. The normalized spacial score (nSPS) is 12.4. The van der Waals surface area contributed by atoms with E-state index in [9.17, 15) is 19.2 Å². The first-order chi connectivity index (χ1) is 10.9. The third-order valence-electron chi connectivity index (χ3n) is 3.20. The topological polar surface area (TPSA) is 115 Å². The van der Waals surface area contributed by atoms with Gasteiger partial charge in [-0.15, -0.1) is 0 Å². The van der Waals surface area contributed by atoms with Crippen molar-refractivity contribution in [1.29, 1.82) is 0 Å². The minimum absolute atomic E-state index is 0.00382. The zero-order chi connectivity index (χ0) is 16.7. The van der Waals surface area contributed by atoms with Crippen LogP contribution in [0.2, 0.25) is 0 Å². The van der Waals surface area contributed by atoms with Gasteiger partial charge in [-0.3, -0.25) is 24.3 Å². The molecule has 1 aliphatic rings. The number of rotatable bonds is 2. The van der Waals surface area contributed by atoms with Gasteiger partial charge in [-0.05, 0) is 12.1 Å². The summed E-state index contributed by atoms with van der Waals surface area (Å²) >= 11 is 0. The maximum absolute atomic E-state index is 12.6. The molecule has 1 aromatic heterocycles. The standard InChI is InChI=1S/C15H10N2O6/c1-6(18)22-9-3-4-10(23-7(2)19)12-11(9)14(20)8-5-16-17-13(8)15(12)21/h3-5H,1-2H3,(H,16,17). The van der Waals surface area contributed by atoms with Crippen molar-refractivity contribution in [3.8, 4) is 11.5 Å². The summed E-state index contributed by atoms with van der Waals surface area (Å²) in [5, 5.41) is 6.14. The maximum Gasteiger partial charge on any atom is 0.308 e. The van der Waals surface area contributed by atoms with Crippen molar-refractivity contribution < 1.29 is 28.7 Å². The molecule has 0 saturated heterocycles. The second-order valence-corrected chi connectivity index (χ2v) is 4.82. The van der Waals surface area contributed by atoms with Gasteiger partial charge in [-0.2, -0.15) is 5.10 Å². The second kappa shape index (κ2) is 5.16. The lowest BCUT2D eigenvalue weighted by Gasteiger charge is -2.19. The van der Waals surface area contributed by atoms with Gasteiger partial charge in [0.05, 0.1) is 22.9 Å². The van der Waals surface area contributed by atoms with Crippen LogP contribution >= 0.6 is 0 Å². The van der Waals surface area contributed by atoms with Gasteiger partial charge in [0.1, 0.15) is 17.2 Å². The molecule has 1 N–H and O–H groups in total. The van der Waals surface area contributed by atoms with Gasteiger partial charge in [0.15, 0.2) is 0 Å². The molecule has 1 heterocycles. The van der Waals surface area contributed by atoms with Gasteiger partial charge in [0.25, 0.3) is 0 Å². The zero-order valence-electron chi connectivity index (χ0n) is 12.1. The first kappa shape index (κ1) is 14.6. The van der Waals surface area contributed by atoms with E-state index in [0.29, 0.717) is 0 Å². The van der Waals surface area contributed by atoms with Crippen molar-refractivity contribution in [1.82, 2.24) is 10.2 Å². The Hall–Kier alpha value is -3.29. The van der Waals surface area contributed by atoms with Crippen LogP contribution in [0.15, 0.2) is 18.3 Å². The van der Waals surface area contributed by atoms with Crippen LogP contribution in [0.4, 0.5) is 0 Å². The average Bonchev–Trinajstić information content (AvgIpc) is 2.95. The molecule has 0 spiro atoms. The molecule has 0 aliphatic heterocycles. The van der Waals surface area contributed by atoms with Crippen LogP contribution in [0.5, 0.6) is 11.5 Å². The van der Waals surface area contributed by atoms with Crippen LogP contribution in [0.1, 0.15) is 45.8 Å². The average molecular weight is 314 g/mol. The Labute approximate surface area is 129 Å². The number of H-pyrrole nitrogens is 1. The summed E-state index contributed by atoms with van der Waals surface area (Å²) < 4.78 is 10.00. The summed E-state index contributed by atoms with van der Waals surface area (Å²) in [5.74, 6) is -2.57. The molecule has 1 aliphatic carbocycles. The summed E-state index contributed by atoms with van der Waals surface area (Å²) in [7, 11) is 0. The van der Waals surface area contributed by atoms with Crippen molar-refractivity contribution in [2.75, 3.05) is 0 Å². The summed E-state index contributed by atoms with van der Waals surface area (Å²) in [4.78, 5) is 47.7. The van der Waals surface area contributed by atoms with E-state index in [2.05, 4.69) is 10.2 Å². The molecule has 8 heteroatoms. The fourth-order valence-electron chi connectivity index (χ4n) is 2.39. The van der Waals surface area contributed by atoms with Crippen LogP contribution in [0, 0.1) is 0 Å². The van der Waals surface area contributed by atoms with Crippen molar-refractivity contribution >= 4 is 23.5 Å². The lowest BCUT2D eigenvalue weighted by atomic mass is 9.87. The number of ketones is 2. The first-order valence-corrected chi connectivity index (χ1v) is 6.56. The Morgan fingerprint density at radius 2 is 1.48 bits per heavy atom. The third-order valence-corrected chi connectivity index (χ3v) is 3.20. The highest BCUT2D eigenvalue weighted by Crippen LogP contribution is 2.38. The molecule has 2 aromatic rings. The SMILES string of the molecule is CC(=O)Oc1ccc(OC(C)=O)c2c1C(=O)c1cn[nH]c1C2=O. The van der Waals surface area contributed by atoms with E-state index in [1.807, 2.05) is 0 Å². The van der Waals surface area contributed by atoms with E-state index >= 15 is 0 Å². The Morgan fingerprint density at radius 3 is 2.00 bits per heavy atom. The van der Waals surface area contributed by atoms with Crippen LogP contribution in [0.3, 0.4) is 0 Å². The van der Waals surface area contributed by atoms with E-state index in [1.165, 1.54) is 32.2 Å². The van der Waals surface area contributed by atoms with Gasteiger partial charge in [-0.25, -0.2) is 0 Å². The van der Waals surface area contributed by atoms with Crippen molar-refractivity contribution in [3.63, 3.8) is 0 Å². The van der Waals surface area contributed by atoms with E-state index in [0.717, 1.165) is 0 Å². The smallest absolute Gasteiger partial charge is 0.308 e. The number of hydrogen-bond donors (Lipinski definition) is 1. The molecule has 0 amide bonds. The summed E-state index contributed by atoms with van der Waals surface area (Å²) in [5.41, 5.74) is -0.203. The number of aromatic nitrogens is 2. The third kappa shape index (κ3) is 2.30. The van der Waals surface area contributed by atoms with Crippen LogP contribution in [-0.4, -0.2) is 33.7 Å². The summed E-state index contributed by atoms with van der Waals surface area (Å²) in [6.45, 7) is 2.34. The van der Waals surface area contributed by atoms with Crippen molar-refractivity contribution in [2.24, 2.45) is 0 Å². The Balaban J connectivity index is 2.28. The van der Waals surface area contributed by atoms with Gasteiger partial charge < -0.3 is 9.47 Å². The molecule has 23 heavy (non-hydrogen) atoms.